The third-order valence-electron chi connectivity index (χ3n) is 2.12. The molecule has 0 aliphatic carbocycles. The van der Waals surface area contributed by atoms with Crippen molar-refractivity contribution in [2.45, 2.75) is 12.5 Å². The number of hydrogen-bond acceptors (Lipinski definition) is 3. The first kappa shape index (κ1) is 8.72. The molecule has 1 unspecified atom stereocenters. The van der Waals surface area contributed by atoms with Crippen LogP contribution in [0.5, 0.6) is 0 Å². The molecule has 0 spiro atoms. The largest absolute Gasteiger partial charge is 0.353 e. The molecule has 1 atom stereocenters. The van der Waals surface area contributed by atoms with Gasteiger partial charge in [0.2, 0.25) is 5.91 Å². The zero-order chi connectivity index (χ0) is 9.10. The molecule has 3 nitrogen and oxygen atoms in total. The zero-order valence-electron chi connectivity index (χ0n) is 7.25. The average Bonchev–Trinajstić information content (AvgIpc) is 2.61. The Labute approximate surface area is 81.2 Å². The molecule has 1 aliphatic rings. The Morgan fingerprint density at radius 2 is 2.46 bits per heavy atom. The summed E-state index contributed by atoms with van der Waals surface area (Å²) < 4.78 is 0. The SMILES string of the molecule is O=C1NCCNC1Cc1cccs1. The number of carbonyl (C=O) groups excluding carboxylic acids is 1. The molecule has 0 aromatic carbocycles. The summed E-state index contributed by atoms with van der Waals surface area (Å²) >= 11 is 1.70. The van der Waals surface area contributed by atoms with E-state index in [1.54, 1.807) is 11.3 Å². The van der Waals surface area contributed by atoms with Crippen molar-refractivity contribution < 1.29 is 4.79 Å². The number of carbonyl (C=O) groups is 1. The Bertz CT molecular complexity index is 284. The van der Waals surface area contributed by atoms with E-state index in [1.807, 2.05) is 11.4 Å². The molecule has 70 valence electrons. The maximum absolute atomic E-state index is 11.4. The van der Waals surface area contributed by atoms with Crippen LogP contribution in [0.15, 0.2) is 17.5 Å². The molecule has 1 amide bonds. The van der Waals surface area contributed by atoms with Crippen LogP contribution in [0.25, 0.3) is 0 Å². The molecule has 0 radical (unpaired) electrons. The number of amides is 1. The minimum Gasteiger partial charge on any atom is -0.353 e. The summed E-state index contributed by atoms with van der Waals surface area (Å²) in [5.41, 5.74) is 0. The van der Waals surface area contributed by atoms with Crippen LogP contribution in [0.2, 0.25) is 0 Å². The fourth-order valence-corrected chi connectivity index (χ4v) is 2.19. The van der Waals surface area contributed by atoms with Gasteiger partial charge in [-0.15, -0.1) is 11.3 Å². The van der Waals surface area contributed by atoms with Gasteiger partial charge in [0.25, 0.3) is 0 Å². The van der Waals surface area contributed by atoms with E-state index in [0.29, 0.717) is 0 Å². The minimum absolute atomic E-state index is 0.0348. The Morgan fingerprint density at radius 3 is 3.15 bits per heavy atom. The van der Waals surface area contributed by atoms with E-state index < -0.39 is 0 Å². The van der Waals surface area contributed by atoms with Crippen molar-refractivity contribution in [3.8, 4) is 0 Å². The second-order valence-corrected chi connectivity index (χ2v) is 4.11. The molecule has 2 rings (SSSR count). The van der Waals surface area contributed by atoms with E-state index in [4.69, 9.17) is 0 Å². The van der Waals surface area contributed by atoms with Gasteiger partial charge in [-0.2, -0.15) is 0 Å². The first-order valence-electron chi connectivity index (χ1n) is 4.40. The van der Waals surface area contributed by atoms with E-state index >= 15 is 0 Å². The van der Waals surface area contributed by atoms with Crippen molar-refractivity contribution in [3.05, 3.63) is 22.4 Å². The average molecular weight is 196 g/mol. The monoisotopic (exact) mass is 196 g/mol. The van der Waals surface area contributed by atoms with E-state index in [0.717, 1.165) is 19.5 Å². The summed E-state index contributed by atoms with van der Waals surface area (Å²) in [6.07, 6.45) is 0.809. The summed E-state index contributed by atoms with van der Waals surface area (Å²) in [6.45, 7) is 1.63. The molecule has 0 saturated carbocycles. The summed E-state index contributed by atoms with van der Waals surface area (Å²) in [5.74, 6) is 0.125. The maximum atomic E-state index is 11.4. The molecule has 4 heteroatoms. The molecule has 1 aliphatic heterocycles. The minimum atomic E-state index is -0.0348. The van der Waals surface area contributed by atoms with Gasteiger partial charge in [0.05, 0.1) is 6.04 Å². The van der Waals surface area contributed by atoms with Gasteiger partial charge in [0, 0.05) is 24.4 Å². The quantitative estimate of drug-likeness (QED) is 0.718. The first-order valence-corrected chi connectivity index (χ1v) is 5.28. The number of rotatable bonds is 2. The lowest BCUT2D eigenvalue weighted by molar-refractivity contribution is -0.124. The zero-order valence-corrected chi connectivity index (χ0v) is 8.06. The number of nitrogens with one attached hydrogen (secondary N) is 2. The molecular formula is C9H12N2OS. The lowest BCUT2D eigenvalue weighted by Gasteiger charge is -2.22. The highest BCUT2D eigenvalue weighted by Crippen LogP contribution is 2.11. The van der Waals surface area contributed by atoms with Gasteiger partial charge in [-0.25, -0.2) is 0 Å². The van der Waals surface area contributed by atoms with E-state index in [-0.39, 0.29) is 11.9 Å². The highest BCUT2D eigenvalue weighted by Gasteiger charge is 2.21. The lowest BCUT2D eigenvalue weighted by Crippen LogP contribution is -2.53. The first-order chi connectivity index (χ1) is 6.36. The van der Waals surface area contributed by atoms with Crippen molar-refractivity contribution in [2.24, 2.45) is 0 Å². The Balaban J connectivity index is 1.97. The van der Waals surface area contributed by atoms with Crippen molar-refractivity contribution in [1.82, 2.24) is 10.6 Å². The summed E-state index contributed by atoms with van der Waals surface area (Å²) in [4.78, 5) is 12.6. The fraction of sp³-hybridized carbons (Fsp3) is 0.444. The van der Waals surface area contributed by atoms with Crippen molar-refractivity contribution in [1.29, 1.82) is 0 Å². The van der Waals surface area contributed by atoms with Gasteiger partial charge in [-0.3, -0.25) is 4.79 Å². The van der Waals surface area contributed by atoms with Gasteiger partial charge in [-0.05, 0) is 11.4 Å². The van der Waals surface area contributed by atoms with Crippen LogP contribution in [-0.4, -0.2) is 25.0 Å². The van der Waals surface area contributed by atoms with Gasteiger partial charge in [0.15, 0.2) is 0 Å². The molecule has 1 saturated heterocycles. The molecule has 0 bridgehead atoms. The Hall–Kier alpha value is -0.870. The Kier molecular flexibility index (Phi) is 2.61. The van der Waals surface area contributed by atoms with Crippen molar-refractivity contribution in [3.63, 3.8) is 0 Å². The van der Waals surface area contributed by atoms with Crippen LogP contribution in [0.1, 0.15) is 4.88 Å². The van der Waals surface area contributed by atoms with E-state index in [9.17, 15) is 4.79 Å². The molecule has 1 aromatic rings. The topological polar surface area (TPSA) is 41.1 Å². The predicted octanol–water partition coefficient (Wildman–Crippen LogP) is 0.379. The van der Waals surface area contributed by atoms with Crippen LogP contribution >= 0.6 is 11.3 Å². The summed E-state index contributed by atoms with van der Waals surface area (Å²) in [7, 11) is 0. The predicted molar refractivity (Wildman–Crippen MR) is 52.8 cm³/mol. The molecule has 2 heterocycles. The number of thiophene rings is 1. The van der Waals surface area contributed by atoms with E-state index in [2.05, 4.69) is 16.7 Å². The van der Waals surface area contributed by atoms with Crippen LogP contribution in [0.4, 0.5) is 0 Å². The third kappa shape index (κ3) is 2.08. The molecule has 2 N–H and O–H groups in total. The molecule has 13 heavy (non-hydrogen) atoms. The number of hydrogen-bond donors (Lipinski definition) is 2. The van der Waals surface area contributed by atoms with Crippen molar-refractivity contribution >= 4 is 17.2 Å². The van der Waals surface area contributed by atoms with Gasteiger partial charge < -0.3 is 10.6 Å². The van der Waals surface area contributed by atoms with Gasteiger partial charge in [0.1, 0.15) is 0 Å². The Morgan fingerprint density at radius 1 is 1.54 bits per heavy atom. The van der Waals surface area contributed by atoms with E-state index in [1.165, 1.54) is 4.88 Å². The normalized spacial score (nSPS) is 22.8. The third-order valence-corrected chi connectivity index (χ3v) is 3.02. The van der Waals surface area contributed by atoms with Gasteiger partial charge in [-0.1, -0.05) is 6.07 Å². The van der Waals surface area contributed by atoms with Crippen LogP contribution in [-0.2, 0) is 11.2 Å². The molecule has 1 fully saturated rings. The van der Waals surface area contributed by atoms with Gasteiger partial charge >= 0.3 is 0 Å². The molecule has 1 aromatic heterocycles. The fourth-order valence-electron chi connectivity index (χ4n) is 1.44. The summed E-state index contributed by atoms with van der Waals surface area (Å²) in [6, 6.07) is 4.04. The smallest absolute Gasteiger partial charge is 0.237 e. The number of piperazine rings is 1. The van der Waals surface area contributed by atoms with Crippen molar-refractivity contribution in [2.75, 3.05) is 13.1 Å². The highest BCUT2D eigenvalue weighted by atomic mass is 32.1. The second-order valence-electron chi connectivity index (χ2n) is 3.08. The summed E-state index contributed by atoms with van der Waals surface area (Å²) in [5, 5.41) is 8.09. The standard InChI is InChI=1S/C9H12N2OS/c12-9-8(10-3-4-11-9)6-7-2-1-5-13-7/h1-2,5,8,10H,3-4,6H2,(H,11,12). The lowest BCUT2D eigenvalue weighted by atomic mass is 10.1. The second kappa shape index (κ2) is 3.89. The molecular weight excluding hydrogens is 184 g/mol. The van der Waals surface area contributed by atoms with Crippen LogP contribution < -0.4 is 10.6 Å². The van der Waals surface area contributed by atoms with Crippen LogP contribution in [0, 0.1) is 0 Å². The highest BCUT2D eigenvalue weighted by molar-refractivity contribution is 7.09. The van der Waals surface area contributed by atoms with Crippen LogP contribution in [0.3, 0.4) is 0 Å². The maximum Gasteiger partial charge on any atom is 0.237 e.